The van der Waals surface area contributed by atoms with Gasteiger partial charge in [0, 0.05) is 0 Å². The van der Waals surface area contributed by atoms with E-state index in [2.05, 4.69) is 28.7 Å². The minimum Gasteiger partial charge on any atom is -0.437 e. The first-order chi connectivity index (χ1) is 14.8. The third-order valence-corrected chi connectivity index (χ3v) is 4.95. The summed E-state index contributed by atoms with van der Waals surface area (Å²) in [6.07, 6.45) is -12.6. The highest BCUT2D eigenvalue weighted by Crippen LogP contribution is 2.22. The lowest BCUT2D eigenvalue weighted by Crippen LogP contribution is -2.58. The van der Waals surface area contributed by atoms with E-state index < -0.39 is 74.3 Å². The van der Waals surface area contributed by atoms with Crippen LogP contribution in [0.4, 0.5) is 0 Å². The van der Waals surface area contributed by atoms with E-state index in [4.69, 9.17) is 13.9 Å². The second-order valence-electron chi connectivity index (χ2n) is 7.08. The molecule has 0 saturated carbocycles. The highest BCUT2D eigenvalue weighted by Gasteiger charge is 2.43. The second kappa shape index (κ2) is 10.0. The fourth-order valence-corrected chi connectivity index (χ4v) is 3.11. The summed E-state index contributed by atoms with van der Waals surface area (Å²) in [5.74, 6) is 9.93. The van der Waals surface area contributed by atoms with Crippen LogP contribution in [0, 0.1) is 23.7 Å². The molecule has 8 N–H and O–H groups in total. The van der Waals surface area contributed by atoms with Crippen LogP contribution < -0.4 is 0 Å². The average molecular weight is 441 g/mol. The van der Waals surface area contributed by atoms with Crippen molar-refractivity contribution in [3.63, 3.8) is 0 Å². The van der Waals surface area contributed by atoms with Gasteiger partial charge in [-0.15, -0.1) is 0 Å². The quantitative estimate of drug-likeness (QED) is 0.203. The molecule has 2 aliphatic rings. The van der Waals surface area contributed by atoms with Crippen LogP contribution in [0.3, 0.4) is 0 Å². The lowest BCUT2D eigenvalue weighted by molar-refractivity contribution is -0.214. The van der Waals surface area contributed by atoms with Gasteiger partial charge >= 0.3 is 0 Å². The van der Waals surface area contributed by atoms with Gasteiger partial charge in [0.15, 0.2) is 5.69 Å². The van der Waals surface area contributed by atoms with Crippen LogP contribution in [0.1, 0.15) is 11.6 Å². The van der Waals surface area contributed by atoms with E-state index in [9.17, 15) is 40.9 Å². The van der Waals surface area contributed by atoms with Gasteiger partial charge in [0.25, 0.3) is 5.89 Å². The van der Waals surface area contributed by atoms with Crippen molar-refractivity contribution in [3.05, 3.63) is 17.8 Å². The Hall–Kier alpha value is -2.07. The van der Waals surface area contributed by atoms with Crippen LogP contribution in [0.25, 0.3) is 0 Å². The van der Waals surface area contributed by atoms with Crippen molar-refractivity contribution in [3.8, 4) is 23.7 Å². The molecule has 0 radical (unpaired) electrons. The lowest BCUT2D eigenvalue weighted by Gasteiger charge is -2.37. The zero-order chi connectivity index (χ0) is 22.7. The highest BCUT2D eigenvalue weighted by atomic mass is 16.5. The summed E-state index contributed by atoms with van der Waals surface area (Å²) in [7, 11) is 0. The van der Waals surface area contributed by atoms with Gasteiger partial charge in [-0.2, -0.15) is 4.98 Å². The SMILES string of the molecule is OC[C@H]1O[C@H](C#Cc2coc(C#C[C@H]3O[C@H](CO)[C@@H](O)[C@H](O)[C@@H]3O)n2)[C@@H](O)[C@@H](O)[C@@H]1O. The number of aromatic nitrogens is 1. The van der Waals surface area contributed by atoms with Crippen LogP contribution in [0.5, 0.6) is 0 Å². The first-order valence-corrected chi connectivity index (χ1v) is 9.36. The van der Waals surface area contributed by atoms with Gasteiger partial charge in [0.2, 0.25) is 0 Å². The van der Waals surface area contributed by atoms with Crippen LogP contribution >= 0.6 is 0 Å². The number of ether oxygens (including phenoxy) is 2. The van der Waals surface area contributed by atoms with Crippen LogP contribution in [-0.2, 0) is 9.47 Å². The molecule has 1 aromatic rings. The molecule has 0 spiro atoms. The molecule has 31 heavy (non-hydrogen) atoms. The molecule has 0 amide bonds. The second-order valence-corrected chi connectivity index (χ2v) is 7.08. The third-order valence-electron chi connectivity index (χ3n) is 4.95. The third kappa shape index (κ3) is 5.06. The first-order valence-electron chi connectivity index (χ1n) is 9.36. The van der Waals surface area contributed by atoms with Gasteiger partial charge in [-0.25, -0.2) is 0 Å². The number of rotatable bonds is 2. The van der Waals surface area contributed by atoms with Gasteiger partial charge in [0.1, 0.15) is 67.3 Å². The Kier molecular flexibility index (Phi) is 7.64. The van der Waals surface area contributed by atoms with E-state index in [0.29, 0.717) is 0 Å². The van der Waals surface area contributed by atoms with E-state index in [1.807, 2.05) is 0 Å². The number of oxazole rings is 1. The zero-order valence-corrected chi connectivity index (χ0v) is 16.0. The summed E-state index contributed by atoms with van der Waals surface area (Å²) in [6.45, 7) is -1.16. The van der Waals surface area contributed by atoms with Crippen molar-refractivity contribution in [2.45, 2.75) is 61.0 Å². The van der Waals surface area contributed by atoms with Crippen LogP contribution in [0.2, 0.25) is 0 Å². The molecule has 0 bridgehead atoms. The van der Waals surface area contributed by atoms with Crippen molar-refractivity contribution in [1.29, 1.82) is 0 Å². The van der Waals surface area contributed by atoms with Crippen molar-refractivity contribution in [2.24, 2.45) is 0 Å². The molecule has 3 heterocycles. The largest absolute Gasteiger partial charge is 0.437 e. The molecule has 2 fully saturated rings. The van der Waals surface area contributed by atoms with Gasteiger partial charge in [0.05, 0.1) is 13.2 Å². The number of aliphatic hydroxyl groups excluding tert-OH is 8. The fourth-order valence-electron chi connectivity index (χ4n) is 3.11. The fraction of sp³-hybridized carbons (Fsp3) is 0.632. The van der Waals surface area contributed by atoms with Crippen molar-refractivity contribution < 1.29 is 54.7 Å². The summed E-state index contributed by atoms with van der Waals surface area (Å²) in [5.41, 5.74) is 0.0927. The number of hydrogen-bond donors (Lipinski definition) is 8. The summed E-state index contributed by atoms with van der Waals surface area (Å²) in [6, 6.07) is 0. The predicted octanol–water partition coefficient (Wildman–Crippen LogP) is -4.94. The van der Waals surface area contributed by atoms with E-state index in [1.54, 1.807) is 0 Å². The van der Waals surface area contributed by atoms with Crippen molar-refractivity contribution in [2.75, 3.05) is 13.2 Å². The molecule has 0 aromatic carbocycles. The Balaban J connectivity index is 1.69. The maximum absolute atomic E-state index is 9.96. The smallest absolute Gasteiger partial charge is 0.274 e. The van der Waals surface area contributed by atoms with Crippen molar-refractivity contribution in [1.82, 2.24) is 4.98 Å². The summed E-state index contributed by atoms with van der Waals surface area (Å²) < 4.78 is 15.6. The molecule has 12 heteroatoms. The van der Waals surface area contributed by atoms with Gasteiger partial charge in [-0.05, 0) is 11.8 Å². The number of nitrogens with zero attached hydrogens (tertiary/aromatic N) is 1. The summed E-state index contributed by atoms with van der Waals surface area (Å²) in [4.78, 5) is 3.96. The highest BCUT2D eigenvalue weighted by molar-refractivity contribution is 5.31. The maximum atomic E-state index is 9.96. The van der Waals surface area contributed by atoms with E-state index in [-0.39, 0.29) is 11.6 Å². The van der Waals surface area contributed by atoms with Crippen LogP contribution in [0.15, 0.2) is 10.7 Å². The molecular formula is C19H23NO11. The molecular weight excluding hydrogens is 418 g/mol. The lowest BCUT2D eigenvalue weighted by atomic mass is 9.95. The average Bonchev–Trinajstić information content (AvgIpc) is 3.23. The Morgan fingerprint density at radius 1 is 0.710 bits per heavy atom. The molecule has 2 aliphatic heterocycles. The minimum atomic E-state index is -1.56. The molecule has 3 rings (SSSR count). The molecule has 1 aromatic heterocycles. The number of hydrogen-bond acceptors (Lipinski definition) is 12. The topological polar surface area (TPSA) is 206 Å². The molecule has 0 unspecified atom stereocenters. The first kappa shape index (κ1) is 23.6. The Morgan fingerprint density at radius 3 is 1.68 bits per heavy atom. The van der Waals surface area contributed by atoms with E-state index in [0.717, 1.165) is 6.26 Å². The normalized spacial score (nSPS) is 40.4. The van der Waals surface area contributed by atoms with Gasteiger partial charge < -0.3 is 54.7 Å². The maximum Gasteiger partial charge on any atom is 0.274 e. The van der Waals surface area contributed by atoms with Gasteiger partial charge in [-0.3, -0.25) is 0 Å². The Bertz CT molecular complexity index is 795. The minimum absolute atomic E-state index is 0.0927. The van der Waals surface area contributed by atoms with Crippen LogP contribution in [-0.4, -0.2) is 120 Å². The molecule has 0 aliphatic carbocycles. The number of aliphatic hydroxyl groups is 8. The zero-order valence-electron chi connectivity index (χ0n) is 16.0. The summed E-state index contributed by atoms with van der Waals surface area (Å²) >= 11 is 0. The van der Waals surface area contributed by atoms with Crippen molar-refractivity contribution >= 4 is 0 Å². The molecule has 170 valence electrons. The van der Waals surface area contributed by atoms with E-state index >= 15 is 0 Å². The van der Waals surface area contributed by atoms with E-state index in [1.165, 1.54) is 0 Å². The standard InChI is InChI=1S/C19H23NO11/c21-5-11-16(25)18(27)14(23)9(30-11)2-1-8-7-29-13(20-8)4-3-10-15(24)19(28)17(26)12(6-22)31-10/h7,9-12,14-19,21-28H,5-6H2/t9-,10-,11-,12-,14-,15-,16-,17-,18-,19-/m1/s1. The van der Waals surface area contributed by atoms with Gasteiger partial charge in [-0.1, -0.05) is 11.8 Å². The summed E-state index contributed by atoms with van der Waals surface area (Å²) in [5, 5.41) is 77.3. The Labute approximate surface area is 176 Å². The monoisotopic (exact) mass is 441 g/mol. The predicted molar refractivity (Wildman–Crippen MR) is 97.8 cm³/mol. The Morgan fingerprint density at radius 2 is 1.19 bits per heavy atom. The molecule has 2 saturated heterocycles. The molecule has 10 atom stereocenters. The molecule has 12 nitrogen and oxygen atoms in total.